The van der Waals surface area contributed by atoms with Gasteiger partial charge >= 0.3 is 0 Å². The summed E-state index contributed by atoms with van der Waals surface area (Å²) in [5, 5.41) is 4.14. The van der Waals surface area contributed by atoms with Crippen LogP contribution in [0.4, 0.5) is 0 Å². The van der Waals surface area contributed by atoms with Gasteiger partial charge in [-0.25, -0.2) is 4.98 Å². The molecule has 1 N–H and O–H groups in total. The number of amides is 1. The first-order chi connectivity index (χ1) is 11.1. The van der Waals surface area contributed by atoms with Gasteiger partial charge in [0.25, 0.3) is 0 Å². The standard InChI is InChI=1S/C18H20N4O/c1-13(15-7-3-5-14-6-4-10-20-18(14)15)21-17(23)9-8-16-19-11-12-22(16)2/h3-7,10-13H,8-9H2,1-2H3,(H,21,23). The Kier molecular flexibility index (Phi) is 4.37. The highest BCUT2D eigenvalue weighted by Gasteiger charge is 2.13. The Morgan fingerprint density at radius 3 is 2.83 bits per heavy atom. The van der Waals surface area contributed by atoms with Crippen molar-refractivity contribution in [3.8, 4) is 0 Å². The predicted octanol–water partition coefficient (Wildman–Crippen LogP) is 2.78. The monoisotopic (exact) mass is 308 g/mol. The van der Waals surface area contributed by atoms with E-state index in [2.05, 4.69) is 15.3 Å². The minimum absolute atomic E-state index is 0.0217. The minimum atomic E-state index is -0.0810. The van der Waals surface area contributed by atoms with Crippen molar-refractivity contribution in [3.05, 3.63) is 60.3 Å². The molecule has 1 amide bonds. The fraction of sp³-hybridized carbons (Fsp3) is 0.278. The number of fused-ring (bicyclic) bond motifs is 1. The van der Waals surface area contributed by atoms with Gasteiger partial charge in [0.2, 0.25) is 5.91 Å². The number of carbonyl (C=O) groups is 1. The molecule has 23 heavy (non-hydrogen) atoms. The van der Waals surface area contributed by atoms with Crippen LogP contribution in [0.15, 0.2) is 48.9 Å². The number of nitrogens with zero attached hydrogens (tertiary/aromatic N) is 3. The lowest BCUT2D eigenvalue weighted by atomic mass is 10.0. The maximum Gasteiger partial charge on any atom is 0.220 e. The smallest absolute Gasteiger partial charge is 0.220 e. The first-order valence-corrected chi connectivity index (χ1v) is 7.74. The molecule has 0 aliphatic heterocycles. The number of benzene rings is 1. The van der Waals surface area contributed by atoms with Crippen LogP contribution in [0.1, 0.15) is 30.8 Å². The third-order valence-corrected chi connectivity index (χ3v) is 4.00. The van der Waals surface area contributed by atoms with Crippen LogP contribution >= 0.6 is 0 Å². The van der Waals surface area contributed by atoms with Crippen LogP contribution in [0.2, 0.25) is 0 Å². The summed E-state index contributed by atoms with van der Waals surface area (Å²) in [7, 11) is 1.94. The molecule has 1 unspecified atom stereocenters. The third kappa shape index (κ3) is 3.39. The second kappa shape index (κ2) is 6.60. The molecular formula is C18H20N4O. The molecule has 2 aromatic heterocycles. The van der Waals surface area contributed by atoms with Gasteiger partial charge < -0.3 is 9.88 Å². The fourth-order valence-electron chi connectivity index (χ4n) is 2.73. The van der Waals surface area contributed by atoms with E-state index in [1.807, 2.05) is 55.1 Å². The van der Waals surface area contributed by atoms with E-state index in [4.69, 9.17) is 0 Å². The summed E-state index contributed by atoms with van der Waals surface area (Å²) in [6, 6.07) is 9.91. The van der Waals surface area contributed by atoms with Crippen molar-refractivity contribution in [2.24, 2.45) is 7.05 Å². The number of aryl methyl sites for hydroxylation is 2. The van der Waals surface area contributed by atoms with Crippen LogP contribution in [-0.2, 0) is 18.3 Å². The summed E-state index contributed by atoms with van der Waals surface area (Å²) in [4.78, 5) is 20.9. The lowest BCUT2D eigenvalue weighted by molar-refractivity contribution is -0.121. The zero-order valence-corrected chi connectivity index (χ0v) is 13.4. The average Bonchev–Trinajstić information content (AvgIpc) is 2.97. The molecule has 5 nitrogen and oxygen atoms in total. The Hall–Kier alpha value is -2.69. The van der Waals surface area contributed by atoms with Crippen molar-refractivity contribution in [3.63, 3.8) is 0 Å². The molecule has 5 heteroatoms. The molecule has 0 spiro atoms. The molecule has 118 valence electrons. The quantitative estimate of drug-likeness (QED) is 0.788. The molecule has 0 bridgehead atoms. The topological polar surface area (TPSA) is 59.8 Å². The molecule has 0 fully saturated rings. The maximum absolute atomic E-state index is 12.2. The number of hydrogen-bond acceptors (Lipinski definition) is 3. The number of nitrogens with one attached hydrogen (secondary N) is 1. The molecule has 3 rings (SSSR count). The summed E-state index contributed by atoms with van der Waals surface area (Å²) < 4.78 is 1.94. The number of imidazole rings is 1. The van der Waals surface area contributed by atoms with Crippen molar-refractivity contribution in [1.82, 2.24) is 19.9 Å². The van der Waals surface area contributed by atoms with E-state index in [1.165, 1.54) is 0 Å². The van der Waals surface area contributed by atoms with Crippen molar-refractivity contribution < 1.29 is 4.79 Å². The van der Waals surface area contributed by atoms with Crippen molar-refractivity contribution in [2.45, 2.75) is 25.8 Å². The van der Waals surface area contributed by atoms with Gasteiger partial charge in [0.15, 0.2) is 0 Å². The molecule has 1 atom stereocenters. The van der Waals surface area contributed by atoms with Crippen LogP contribution < -0.4 is 5.32 Å². The van der Waals surface area contributed by atoms with Gasteiger partial charge in [-0.05, 0) is 13.0 Å². The molecule has 0 aliphatic rings. The van der Waals surface area contributed by atoms with Gasteiger partial charge in [-0.2, -0.15) is 0 Å². The second-order valence-corrected chi connectivity index (χ2v) is 5.67. The van der Waals surface area contributed by atoms with E-state index >= 15 is 0 Å². The van der Waals surface area contributed by atoms with Crippen molar-refractivity contribution in [2.75, 3.05) is 0 Å². The van der Waals surface area contributed by atoms with E-state index in [0.717, 1.165) is 22.3 Å². The molecular weight excluding hydrogens is 288 g/mol. The largest absolute Gasteiger partial charge is 0.349 e. The Morgan fingerprint density at radius 2 is 2.04 bits per heavy atom. The second-order valence-electron chi connectivity index (χ2n) is 5.67. The number of pyridine rings is 1. The molecule has 0 saturated carbocycles. The molecule has 3 aromatic rings. The number of para-hydroxylation sites is 1. The number of hydrogen-bond donors (Lipinski definition) is 1. The summed E-state index contributed by atoms with van der Waals surface area (Å²) in [5.41, 5.74) is 1.97. The fourth-order valence-corrected chi connectivity index (χ4v) is 2.73. The lowest BCUT2D eigenvalue weighted by Crippen LogP contribution is -2.27. The first-order valence-electron chi connectivity index (χ1n) is 7.74. The van der Waals surface area contributed by atoms with Crippen molar-refractivity contribution >= 4 is 16.8 Å². The summed E-state index contributed by atoms with van der Waals surface area (Å²) in [6.45, 7) is 1.99. The normalized spacial score (nSPS) is 12.3. The van der Waals surface area contributed by atoms with Crippen LogP contribution in [0.3, 0.4) is 0 Å². The van der Waals surface area contributed by atoms with E-state index in [0.29, 0.717) is 12.8 Å². The van der Waals surface area contributed by atoms with Crippen LogP contribution in [0, 0.1) is 0 Å². The summed E-state index contributed by atoms with van der Waals surface area (Å²) in [6.07, 6.45) is 6.47. The van der Waals surface area contributed by atoms with Gasteiger partial charge in [-0.15, -0.1) is 0 Å². The number of carbonyl (C=O) groups excluding carboxylic acids is 1. The molecule has 1 aromatic carbocycles. The SMILES string of the molecule is CC(NC(=O)CCc1nccn1C)c1cccc2cccnc12. The van der Waals surface area contributed by atoms with Crippen LogP contribution in [0.5, 0.6) is 0 Å². The average molecular weight is 308 g/mol. The lowest BCUT2D eigenvalue weighted by Gasteiger charge is -2.16. The van der Waals surface area contributed by atoms with E-state index in [-0.39, 0.29) is 11.9 Å². The zero-order chi connectivity index (χ0) is 16.2. The molecule has 2 heterocycles. The summed E-state index contributed by atoms with van der Waals surface area (Å²) >= 11 is 0. The molecule has 0 radical (unpaired) electrons. The molecule has 0 saturated heterocycles. The Bertz CT molecular complexity index is 819. The van der Waals surface area contributed by atoms with Crippen LogP contribution in [0.25, 0.3) is 10.9 Å². The number of aromatic nitrogens is 3. The van der Waals surface area contributed by atoms with Gasteiger partial charge in [-0.3, -0.25) is 9.78 Å². The number of rotatable bonds is 5. The Balaban J connectivity index is 1.67. The van der Waals surface area contributed by atoms with Gasteiger partial charge in [-0.1, -0.05) is 24.3 Å². The van der Waals surface area contributed by atoms with E-state index in [1.54, 1.807) is 12.4 Å². The summed E-state index contributed by atoms with van der Waals surface area (Å²) in [5.74, 6) is 0.938. The molecule has 0 aliphatic carbocycles. The predicted molar refractivity (Wildman–Crippen MR) is 89.8 cm³/mol. The highest BCUT2D eigenvalue weighted by molar-refractivity contribution is 5.83. The Morgan fingerprint density at radius 1 is 1.22 bits per heavy atom. The minimum Gasteiger partial charge on any atom is -0.349 e. The van der Waals surface area contributed by atoms with Crippen molar-refractivity contribution in [1.29, 1.82) is 0 Å². The zero-order valence-electron chi connectivity index (χ0n) is 13.4. The van der Waals surface area contributed by atoms with Gasteiger partial charge in [0.1, 0.15) is 5.82 Å². The Labute approximate surface area is 135 Å². The third-order valence-electron chi connectivity index (χ3n) is 4.00. The maximum atomic E-state index is 12.2. The van der Waals surface area contributed by atoms with Gasteiger partial charge in [0, 0.05) is 49.4 Å². The highest BCUT2D eigenvalue weighted by atomic mass is 16.1. The van der Waals surface area contributed by atoms with E-state index < -0.39 is 0 Å². The highest BCUT2D eigenvalue weighted by Crippen LogP contribution is 2.22. The van der Waals surface area contributed by atoms with Crippen LogP contribution in [-0.4, -0.2) is 20.4 Å². The van der Waals surface area contributed by atoms with E-state index in [9.17, 15) is 4.79 Å². The van der Waals surface area contributed by atoms with Gasteiger partial charge in [0.05, 0.1) is 11.6 Å². The first kappa shape index (κ1) is 15.2.